The van der Waals surface area contributed by atoms with E-state index in [1.54, 1.807) is 11.3 Å². The topological polar surface area (TPSA) is 12.0 Å². The molecule has 3 aliphatic carbocycles. The Bertz CT molecular complexity index is 744. The largest absolute Gasteiger partial charge is 0.388 e. The standard InChI is InChI=1S/C34H59NS/c1-7-27-15-10-11-17-31(27)34(9-3,29-20-21-29)23-12-13-26-36-30(8-2)16-14-25-35-32(28-18-19-28)22-24-33(4,5)6/h10-11,17,27,29-30,35H,7-9,12-16,18-26H2,1-6H3. The van der Waals surface area contributed by atoms with Crippen molar-refractivity contribution < 1.29 is 0 Å². The third kappa shape index (κ3) is 9.28. The Hall–Kier alpha value is -0.630. The van der Waals surface area contributed by atoms with Crippen molar-refractivity contribution in [1.82, 2.24) is 5.32 Å². The molecule has 206 valence electrons. The highest BCUT2D eigenvalue weighted by Gasteiger charge is 2.47. The molecule has 0 spiro atoms. The first kappa shape index (κ1) is 29.9. The fourth-order valence-electron chi connectivity index (χ4n) is 6.55. The summed E-state index contributed by atoms with van der Waals surface area (Å²) < 4.78 is 0. The van der Waals surface area contributed by atoms with Gasteiger partial charge in [0.05, 0.1) is 0 Å². The minimum atomic E-state index is 0.434. The van der Waals surface area contributed by atoms with Crippen LogP contribution in [0.25, 0.3) is 0 Å². The lowest BCUT2D eigenvalue weighted by Gasteiger charge is -2.41. The number of rotatable bonds is 18. The molecule has 0 aromatic rings. The van der Waals surface area contributed by atoms with Gasteiger partial charge in [-0.15, -0.1) is 0 Å². The zero-order valence-corrected chi connectivity index (χ0v) is 25.7. The summed E-state index contributed by atoms with van der Waals surface area (Å²) in [5.74, 6) is 3.12. The Morgan fingerprint density at radius 1 is 1.06 bits per heavy atom. The fraction of sp³-hybridized carbons (Fsp3) is 0.824. The number of thioether (sulfide) groups is 1. The lowest BCUT2D eigenvalue weighted by Crippen LogP contribution is -2.30. The quantitative estimate of drug-likeness (QED) is 0.183. The Morgan fingerprint density at radius 2 is 1.83 bits per heavy atom. The lowest BCUT2D eigenvalue weighted by molar-refractivity contribution is 0.228. The minimum Gasteiger partial charge on any atom is -0.388 e. The molecule has 3 aliphatic rings. The predicted molar refractivity (Wildman–Crippen MR) is 164 cm³/mol. The van der Waals surface area contributed by atoms with Crippen molar-refractivity contribution in [3.05, 3.63) is 35.1 Å². The van der Waals surface area contributed by atoms with E-state index < -0.39 is 0 Å². The molecule has 36 heavy (non-hydrogen) atoms. The van der Waals surface area contributed by atoms with Crippen molar-refractivity contribution in [3.63, 3.8) is 0 Å². The molecular formula is C34H59NS. The van der Waals surface area contributed by atoms with Crippen molar-refractivity contribution in [3.8, 4) is 0 Å². The Kier molecular flexibility index (Phi) is 12.1. The molecule has 0 bridgehead atoms. The van der Waals surface area contributed by atoms with Crippen LogP contribution in [0, 0.1) is 22.7 Å². The highest BCUT2D eigenvalue weighted by atomic mass is 32.2. The SMILES string of the molecule is CCC(CCCNC(CCC(C)(C)C)=C1CC1)SCCCCC(CC)(C1=CC=CCC1CC)C1CC1. The third-order valence-electron chi connectivity index (χ3n) is 9.25. The van der Waals surface area contributed by atoms with Crippen LogP contribution >= 0.6 is 11.8 Å². The molecule has 0 aromatic heterocycles. The van der Waals surface area contributed by atoms with E-state index in [1.807, 2.05) is 5.57 Å². The van der Waals surface area contributed by atoms with E-state index in [4.69, 9.17) is 0 Å². The number of allylic oxidation sites excluding steroid dienone is 6. The highest BCUT2D eigenvalue weighted by Crippen LogP contribution is 2.58. The summed E-state index contributed by atoms with van der Waals surface area (Å²) in [6, 6.07) is 0. The molecule has 2 heteroatoms. The average Bonchev–Trinajstić information content (AvgIpc) is 3.77. The van der Waals surface area contributed by atoms with Crippen molar-refractivity contribution in [2.75, 3.05) is 12.3 Å². The van der Waals surface area contributed by atoms with Gasteiger partial charge in [-0.3, -0.25) is 0 Å². The van der Waals surface area contributed by atoms with Gasteiger partial charge in [-0.05, 0) is 118 Å². The fourth-order valence-corrected chi connectivity index (χ4v) is 7.82. The summed E-state index contributed by atoms with van der Waals surface area (Å²) in [5, 5.41) is 4.69. The molecule has 0 heterocycles. The zero-order chi connectivity index (χ0) is 26.0. The zero-order valence-electron chi connectivity index (χ0n) is 24.9. The first-order valence-electron chi connectivity index (χ1n) is 15.8. The molecule has 3 atom stereocenters. The van der Waals surface area contributed by atoms with E-state index in [2.05, 4.69) is 76.8 Å². The smallest absolute Gasteiger partial charge is 0.0144 e. The van der Waals surface area contributed by atoms with Crippen LogP contribution in [0.2, 0.25) is 0 Å². The van der Waals surface area contributed by atoms with E-state index in [0.29, 0.717) is 10.8 Å². The molecule has 0 amide bonds. The molecule has 1 nitrogen and oxygen atoms in total. The second-order valence-electron chi connectivity index (χ2n) is 13.2. The lowest BCUT2D eigenvalue weighted by atomic mass is 9.64. The Balaban J connectivity index is 1.36. The van der Waals surface area contributed by atoms with Crippen molar-refractivity contribution in [2.24, 2.45) is 22.7 Å². The number of unbranched alkanes of at least 4 members (excludes halogenated alkanes) is 1. The maximum Gasteiger partial charge on any atom is 0.0144 e. The molecule has 2 saturated carbocycles. The Labute approximate surface area is 229 Å². The van der Waals surface area contributed by atoms with Crippen molar-refractivity contribution in [1.29, 1.82) is 0 Å². The highest BCUT2D eigenvalue weighted by molar-refractivity contribution is 7.99. The van der Waals surface area contributed by atoms with E-state index in [-0.39, 0.29) is 0 Å². The number of nitrogens with one attached hydrogen (secondary N) is 1. The predicted octanol–water partition coefficient (Wildman–Crippen LogP) is 10.6. The molecule has 3 unspecified atom stereocenters. The summed E-state index contributed by atoms with van der Waals surface area (Å²) in [5.41, 5.74) is 6.07. The molecule has 2 fully saturated rings. The summed E-state index contributed by atoms with van der Waals surface area (Å²) in [6.07, 6.45) is 27.6. The van der Waals surface area contributed by atoms with Gasteiger partial charge in [0.1, 0.15) is 0 Å². The molecular weight excluding hydrogens is 454 g/mol. The molecule has 3 rings (SSSR count). The van der Waals surface area contributed by atoms with E-state index >= 15 is 0 Å². The van der Waals surface area contributed by atoms with Crippen LogP contribution in [0.4, 0.5) is 0 Å². The molecule has 0 radical (unpaired) electrons. The van der Waals surface area contributed by atoms with Gasteiger partial charge in [0.2, 0.25) is 0 Å². The maximum atomic E-state index is 3.85. The van der Waals surface area contributed by atoms with Crippen molar-refractivity contribution in [2.45, 2.75) is 143 Å². The van der Waals surface area contributed by atoms with Crippen LogP contribution in [0.1, 0.15) is 138 Å². The molecule has 1 N–H and O–H groups in total. The normalized spacial score (nSPS) is 22.2. The minimum absolute atomic E-state index is 0.434. The van der Waals surface area contributed by atoms with Crippen LogP contribution in [0.5, 0.6) is 0 Å². The van der Waals surface area contributed by atoms with Crippen LogP contribution in [-0.2, 0) is 0 Å². The summed E-state index contributed by atoms with van der Waals surface area (Å²) in [7, 11) is 0. The van der Waals surface area contributed by atoms with Gasteiger partial charge in [-0.2, -0.15) is 11.8 Å². The monoisotopic (exact) mass is 513 g/mol. The van der Waals surface area contributed by atoms with Gasteiger partial charge in [-0.25, -0.2) is 0 Å². The van der Waals surface area contributed by atoms with Gasteiger partial charge in [-0.1, -0.05) is 77.3 Å². The van der Waals surface area contributed by atoms with E-state index in [9.17, 15) is 0 Å². The van der Waals surface area contributed by atoms with Crippen LogP contribution in [0.3, 0.4) is 0 Å². The number of hydrogen-bond donors (Lipinski definition) is 1. The second kappa shape index (κ2) is 14.5. The number of hydrogen-bond acceptors (Lipinski definition) is 2. The second-order valence-corrected chi connectivity index (χ2v) is 14.7. The van der Waals surface area contributed by atoms with Crippen LogP contribution < -0.4 is 5.32 Å². The molecule has 0 saturated heterocycles. The first-order chi connectivity index (χ1) is 17.3. The summed E-state index contributed by atoms with van der Waals surface area (Å²) in [4.78, 5) is 0. The van der Waals surface area contributed by atoms with Gasteiger partial charge >= 0.3 is 0 Å². The van der Waals surface area contributed by atoms with E-state index in [0.717, 1.165) is 17.1 Å². The third-order valence-corrected chi connectivity index (χ3v) is 10.8. The van der Waals surface area contributed by atoms with Crippen LogP contribution in [-0.4, -0.2) is 17.5 Å². The van der Waals surface area contributed by atoms with Gasteiger partial charge in [0, 0.05) is 17.5 Å². The van der Waals surface area contributed by atoms with Gasteiger partial charge in [0.25, 0.3) is 0 Å². The molecule has 0 aliphatic heterocycles. The first-order valence-corrected chi connectivity index (χ1v) is 16.8. The Morgan fingerprint density at radius 3 is 2.44 bits per heavy atom. The maximum absolute atomic E-state index is 3.85. The van der Waals surface area contributed by atoms with Crippen LogP contribution in [0.15, 0.2) is 35.1 Å². The van der Waals surface area contributed by atoms with Crippen molar-refractivity contribution >= 4 is 11.8 Å². The van der Waals surface area contributed by atoms with Gasteiger partial charge in [0.15, 0.2) is 0 Å². The van der Waals surface area contributed by atoms with E-state index in [1.165, 1.54) is 109 Å². The summed E-state index contributed by atoms with van der Waals surface area (Å²) >= 11 is 2.27. The molecule has 0 aromatic carbocycles. The average molecular weight is 514 g/mol. The summed E-state index contributed by atoms with van der Waals surface area (Å²) in [6.45, 7) is 15.5. The van der Waals surface area contributed by atoms with Gasteiger partial charge < -0.3 is 5.32 Å².